The molecule has 3 aromatic carbocycles. The second kappa shape index (κ2) is 10.6. The molecule has 0 saturated carbocycles. The summed E-state index contributed by atoms with van der Waals surface area (Å²) in [5.41, 5.74) is 3.66. The van der Waals surface area contributed by atoms with Crippen molar-refractivity contribution in [1.29, 1.82) is 0 Å². The Hall–Kier alpha value is -2.12. The van der Waals surface area contributed by atoms with E-state index in [0.29, 0.717) is 0 Å². The molecule has 0 saturated heterocycles. The van der Waals surface area contributed by atoms with Gasteiger partial charge in [-0.2, -0.15) is 0 Å². The lowest BCUT2D eigenvalue weighted by Crippen LogP contribution is -1.71. The highest BCUT2D eigenvalue weighted by molar-refractivity contribution is 6.30. The normalized spacial score (nSPS) is 9.09. The average molecular weight is 329 g/mol. The van der Waals surface area contributed by atoms with Crippen LogP contribution in [0, 0.1) is 26.6 Å². The summed E-state index contributed by atoms with van der Waals surface area (Å²) in [5.74, 6) is -0.171. The molecular formula is C21H22ClF. The van der Waals surface area contributed by atoms with Crippen LogP contribution in [0.3, 0.4) is 0 Å². The summed E-state index contributed by atoms with van der Waals surface area (Å²) in [4.78, 5) is 0. The molecule has 3 aromatic rings. The number of halogens is 2. The predicted molar refractivity (Wildman–Crippen MR) is 98.5 cm³/mol. The van der Waals surface area contributed by atoms with Crippen molar-refractivity contribution in [3.8, 4) is 0 Å². The first-order valence-corrected chi connectivity index (χ1v) is 7.81. The van der Waals surface area contributed by atoms with Gasteiger partial charge < -0.3 is 0 Å². The van der Waals surface area contributed by atoms with E-state index in [2.05, 4.69) is 19.1 Å². The largest absolute Gasteiger partial charge is 0.207 e. The lowest BCUT2D eigenvalue weighted by atomic mass is 10.2. The summed E-state index contributed by atoms with van der Waals surface area (Å²) in [6.45, 7) is 6.05. The maximum absolute atomic E-state index is 12.1. The number of hydrogen-bond acceptors (Lipinski definition) is 0. The summed E-state index contributed by atoms with van der Waals surface area (Å²) in [5, 5.41) is 0.801. The van der Waals surface area contributed by atoms with Gasteiger partial charge in [-0.05, 0) is 45.0 Å². The second-order valence-corrected chi connectivity index (χ2v) is 5.68. The van der Waals surface area contributed by atoms with Gasteiger partial charge in [0, 0.05) is 5.02 Å². The van der Waals surface area contributed by atoms with E-state index in [4.69, 9.17) is 11.6 Å². The molecule has 0 heterocycles. The van der Waals surface area contributed by atoms with Crippen LogP contribution in [-0.2, 0) is 0 Å². The Labute approximate surface area is 143 Å². The smallest absolute Gasteiger partial charge is 0.123 e. The molecule has 23 heavy (non-hydrogen) atoms. The minimum absolute atomic E-state index is 0.171. The van der Waals surface area contributed by atoms with E-state index >= 15 is 0 Å². The van der Waals surface area contributed by atoms with Crippen LogP contribution in [0.25, 0.3) is 0 Å². The minimum atomic E-state index is -0.171. The Kier molecular flexibility index (Phi) is 8.71. The Morgan fingerprint density at radius 2 is 0.957 bits per heavy atom. The summed E-state index contributed by atoms with van der Waals surface area (Å²) >= 11 is 5.61. The molecular weight excluding hydrogens is 307 g/mol. The Balaban J connectivity index is 0.000000173. The SMILES string of the molecule is Cc1ccc(Cl)cc1.Cc1ccc(F)cc1.Cc1ccccc1. The van der Waals surface area contributed by atoms with Gasteiger partial charge in [0.05, 0.1) is 0 Å². The molecule has 0 bridgehead atoms. The van der Waals surface area contributed by atoms with E-state index in [1.54, 1.807) is 12.1 Å². The Morgan fingerprint density at radius 3 is 1.26 bits per heavy atom. The topological polar surface area (TPSA) is 0 Å². The van der Waals surface area contributed by atoms with Crippen molar-refractivity contribution in [3.63, 3.8) is 0 Å². The lowest BCUT2D eigenvalue weighted by Gasteiger charge is -1.88. The zero-order valence-corrected chi connectivity index (χ0v) is 14.5. The molecule has 0 unspecified atom stereocenters. The zero-order valence-electron chi connectivity index (χ0n) is 13.8. The van der Waals surface area contributed by atoms with Crippen LogP contribution < -0.4 is 0 Å². The van der Waals surface area contributed by atoms with Gasteiger partial charge in [-0.15, -0.1) is 0 Å². The Morgan fingerprint density at radius 1 is 0.565 bits per heavy atom. The van der Waals surface area contributed by atoms with E-state index in [9.17, 15) is 4.39 Å². The van der Waals surface area contributed by atoms with Crippen LogP contribution in [0.4, 0.5) is 4.39 Å². The molecule has 0 atom stereocenters. The van der Waals surface area contributed by atoms with E-state index in [1.165, 1.54) is 23.3 Å². The maximum atomic E-state index is 12.1. The lowest BCUT2D eigenvalue weighted by molar-refractivity contribution is 0.627. The van der Waals surface area contributed by atoms with Crippen LogP contribution in [0.5, 0.6) is 0 Å². The van der Waals surface area contributed by atoms with Crippen molar-refractivity contribution in [2.75, 3.05) is 0 Å². The molecule has 0 N–H and O–H groups in total. The third-order valence-corrected chi connectivity index (χ3v) is 3.21. The monoisotopic (exact) mass is 328 g/mol. The fourth-order valence-corrected chi connectivity index (χ4v) is 1.73. The Bertz CT molecular complexity index is 573. The first kappa shape index (κ1) is 18.9. The van der Waals surface area contributed by atoms with Crippen molar-refractivity contribution in [2.45, 2.75) is 20.8 Å². The molecule has 0 aliphatic carbocycles. The van der Waals surface area contributed by atoms with Gasteiger partial charge in [-0.1, -0.05) is 82.9 Å². The van der Waals surface area contributed by atoms with Gasteiger partial charge >= 0.3 is 0 Å². The second-order valence-electron chi connectivity index (χ2n) is 5.25. The first-order chi connectivity index (χ1) is 11.0. The molecule has 0 nitrogen and oxygen atoms in total. The van der Waals surface area contributed by atoms with Crippen LogP contribution >= 0.6 is 11.6 Å². The number of aryl methyl sites for hydroxylation is 3. The molecule has 0 spiro atoms. The highest BCUT2D eigenvalue weighted by Crippen LogP contribution is 2.07. The van der Waals surface area contributed by atoms with Crippen LogP contribution in [0.15, 0.2) is 78.9 Å². The highest BCUT2D eigenvalue weighted by Gasteiger charge is 1.83. The molecule has 0 amide bonds. The van der Waals surface area contributed by atoms with E-state index in [-0.39, 0.29) is 5.82 Å². The third-order valence-electron chi connectivity index (χ3n) is 2.96. The zero-order chi connectivity index (χ0) is 17.1. The van der Waals surface area contributed by atoms with E-state index in [0.717, 1.165) is 10.6 Å². The molecule has 0 aromatic heterocycles. The average Bonchev–Trinajstić information content (AvgIpc) is 2.55. The molecule has 0 fully saturated rings. The quantitative estimate of drug-likeness (QED) is 0.426. The van der Waals surface area contributed by atoms with Gasteiger partial charge in [0.25, 0.3) is 0 Å². The predicted octanol–water partition coefficient (Wildman–Crippen LogP) is 6.78. The summed E-state index contributed by atoms with van der Waals surface area (Å²) in [6, 6.07) is 24.4. The standard InChI is InChI=1S/C7H7Cl.C7H7F.C7H8/c2*1-6-2-4-7(8)5-3-6;1-7-5-3-2-4-6-7/h2*2-5H,1H3;2-6H,1H3. The van der Waals surface area contributed by atoms with E-state index < -0.39 is 0 Å². The van der Waals surface area contributed by atoms with Gasteiger partial charge in [0.15, 0.2) is 0 Å². The van der Waals surface area contributed by atoms with Crippen LogP contribution in [0.2, 0.25) is 5.02 Å². The molecule has 0 radical (unpaired) electrons. The van der Waals surface area contributed by atoms with Crippen molar-refractivity contribution < 1.29 is 4.39 Å². The van der Waals surface area contributed by atoms with Crippen molar-refractivity contribution in [3.05, 3.63) is 106 Å². The van der Waals surface area contributed by atoms with Crippen molar-refractivity contribution >= 4 is 11.6 Å². The molecule has 0 aliphatic rings. The number of hydrogen-bond donors (Lipinski definition) is 0. The van der Waals surface area contributed by atoms with Gasteiger partial charge in [0.2, 0.25) is 0 Å². The maximum Gasteiger partial charge on any atom is 0.123 e. The van der Waals surface area contributed by atoms with Gasteiger partial charge in [-0.3, -0.25) is 0 Å². The van der Waals surface area contributed by atoms with Gasteiger partial charge in [-0.25, -0.2) is 4.39 Å². The minimum Gasteiger partial charge on any atom is -0.207 e. The fourth-order valence-electron chi connectivity index (χ4n) is 1.60. The van der Waals surface area contributed by atoms with Crippen molar-refractivity contribution in [1.82, 2.24) is 0 Å². The van der Waals surface area contributed by atoms with Crippen LogP contribution in [-0.4, -0.2) is 0 Å². The fraction of sp³-hybridized carbons (Fsp3) is 0.143. The van der Waals surface area contributed by atoms with Crippen molar-refractivity contribution in [2.24, 2.45) is 0 Å². The summed E-state index contributed by atoms with van der Waals surface area (Å²) in [7, 11) is 0. The first-order valence-electron chi connectivity index (χ1n) is 7.43. The summed E-state index contributed by atoms with van der Waals surface area (Å²) < 4.78 is 12.1. The molecule has 2 heteroatoms. The number of benzene rings is 3. The van der Waals surface area contributed by atoms with E-state index in [1.807, 2.05) is 56.3 Å². The third kappa shape index (κ3) is 9.49. The van der Waals surface area contributed by atoms with Crippen LogP contribution in [0.1, 0.15) is 16.7 Å². The summed E-state index contributed by atoms with van der Waals surface area (Å²) in [6.07, 6.45) is 0. The number of rotatable bonds is 0. The van der Waals surface area contributed by atoms with Gasteiger partial charge in [0.1, 0.15) is 5.82 Å². The molecule has 120 valence electrons. The molecule has 0 aliphatic heterocycles. The molecule has 3 rings (SSSR count). The highest BCUT2D eigenvalue weighted by atomic mass is 35.5.